The summed E-state index contributed by atoms with van der Waals surface area (Å²) in [6.45, 7) is 11.0. The van der Waals surface area contributed by atoms with Crippen molar-refractivity contribution < 1.29 is 9.59 Å². The molecule has 5 heteroatoms. The van der Waals surface area contributed by atoms with Gasteiger partial charge in [0, 0.05) is 45.2 Å². The van der Waals surface area contributed by atoms with E-state index in [2.05, 4.69) is 23.6 Å². The number of carbonyl (C=O) groups excluding carboxylic acids is 2. The Morgan fingerprint density at radius 2 is 1.86 bits per heavy atom. The summed E-state index contributed by atoms with van der Waals surface area (Å²) in [5, 5.41) is 0. The van der Waals surface area contributed by atoms with Crippen molar-refractivity contribution in [3.05, 3.63) is 0 Å². The third-order valence-electron chi connectivity index (χ3n) is 4.47. The van der Waals surface area contributed by atoms with Crippen LogP contribution in [0.4, 0.5) is 0 Å². The second-order valence-corrected chi connectivity index (χ2v) is 7.04. The fourth-order valence-electron chi connectivity index (χ4n) is 3.12. The van der Waals surface area contributed by atoms with Gasteiger partial charge < -0.3 is 9.80 Å². The fraction of sp³-hybridized carbons (Fsp3) is 0.882. The van der Waals surface area contributed by atoms with Gasteiger partial charge in [0.25, 0.3) is 0 Å². The lowest BCUT2D eigenvalue weighted by atomic mass is 10.2. The molecule has 2 rings (SSSR count). The Hall–Kier alpha value is -1.10. The Kier molecular flexibility index (Phi) is 6.24. The van der Waals surface area contributed by atoms with Gasteiger partial charge in [-0.05, 0) is 25.2 Å². The number of carbonyl (C=O) groups is 2. The first-order valence-corrected chi connectivity index (χ1v) is 8.80. The van der Waals surface area contributed by atoms with Crippen LogP contribution >= 0.6 is 0 Å². The standard InChI is InChI=1S/C17H31N3O2/c1-4-16(21)19-9-5-8-18(10-11-19)13-17(22)20(12-14(2)3)15-6-7-15/h14-15H,4-13H2,1-3H3. The molecule has 1 saturated carbocycles. The molecule has 0 atom stereocenters. The van der Waals surface area contributed by atoms with Crippen molar-refractivity contribution in [3.63, 3.8) is 0 Å². The summed E-state index contributed by atoms with van der Waals surface area (Å²) in [6.07, 6.45) is 3.86. The van der Waals surface area contributed by atoms with Crippen LogP contribution in [0.2, 0.25) is 0 Å². The highest BCUT2D eigenvalue weighted by Crippen LogP contribution is 2.27. The van der Waals surface area contributed by atoms with Crippen LogP contribution in [-0.2, 0) is 9.59 Å². The van der Waals surface area contributed by atoms with Crippen LogP contribution in [0.1, 0.15) is 46.5 Å². The normalized spacial score (nSPS) is 20.1. The van der Waals surface area contributed by atoms with Gasteiger partial charge in [-0.3, -0.25) is 14.5 Å². The minimum atomic E-state index is 0.229. The second kappa shape index (κ2) is 7.95. The summed E-state index contributed by atoms with van der Waals surface area (Å²) in [4.78, 5) is 30.7. The molecule has 0 radical (unpaired) electrons. The van der Waals surface area contributed by atoms with Crippen LogP contribution in [0, 0.1) is 5.92 Å². The van der Waals surface area contributed by atoms with Gasteiger partial charge in [0.05, 0.1) is 6.54 Å². The van der Waals surface area contributed by atoms with Crippen molar-refractivity contribution in [3.8, 4) is 0 Å². The summed E-state index contributed by atoms with van der Waals surface area (Å²) in [6, 6.07) is 0.486. The van der Waals surface area contributed by atoms with Crippen molar-refractivity contribution in [2.45, 2.75) is 52.5 Å². The maximum atomic E-state index is 12.6. The second-order valence-electron chi connectivity index (χ2n) is 7.04. The molecule has 0 aromatic heterocycles. The zero-order chi connectivity index (χ0) is 16.1. The lowest BCUT2D eigenvalue weighted by molar-refractivity contribution is -0.133. The van der Waals surface area contributed by atoms with Crippen molar-refractivity contribution >= 4 is 11.8 Å². The van der Waals surface area contributed by atoms with E-state index < -0.39 is 0 Å². The summed E-state index contributed by atoms with van der Waals surface area (Å²) >= 11 is 0. The van der Waals surface area contributed by atoms with E-state index in [0.29, 0.717) is 24.9 Å². The van der Waals surface area contributed by atoms with E-state index >= 15 is 0 Å². The van der Waals surface area contributed by atoms with Gasteiger partial charge >= 0.3 is 0 Å². The van der Waals surface area contributed by atoms with Crippen molar-refractivity contribution in [1.82, 2.24) is 14.7 Å². The Balaban J connectivity index is 1.84. The van der Waals surface area contributed by atoms with Gasteiger partial charge in [-0.2, -0.15) is 0 Å². The smallest absolute Gasteiger partial charge is 0.237 e. The van der Waals surface area contributed by atoms with Gasteiger partial charge in [-0.15, -0.1) is 0 Å². The minimum absolute atomic E-state index is 0.229. The van der Waals surface area contributed by atoms with E-state index in [0.717, 1.165) is 52.0 Å². The number of nitrogens with zero attached hydrogens (tertiary/aromatic N) is 3. The summed E-state index contributed by atoms with van der Waals surface area (Å²) in [7, 11) is 0. The average Bonchev–Trinajstić information content (AvgIpc) is 3.31. The Labute approximate surface area is 134 Å². The molecule has 1 aliphatic carbocycles. The molecule has 0 unspecified atom stereocenters. The maximum Gasteiger partial charge on any atom is 0.237 e. The first-order chi connectivity index (χ1) is 10.5. The Morgan fingerprint density at radius 3 is 2.45 bits per heavy atom. The first-order valence-electron chi connectivity index (χ1n) is 8.80. The molecule has 2 fully saturated rings. The molecular formula is C17H31N3O2. The molecule has 1 heterocycles. The highest BCUT2D eigenvalue weighted by Gasteiger charge is 2.33. The van der Waals surface area contributed by atoms with Crippen LogP contribution in [0.5, 0.6) is 0 Å². The fourth-order valence-corrected chi connectivity index (χ4v) is 3.12. The summed E-state index contributed by atoms with van der Waals surface area (Å²) < 4.78 is 0. The zero-order valence-corrected chi connectivity index (χ0v) is 14.4. The molecule has 0 aromatic rings. The van der Waals surface area contributed by atoms with Gasteiger partial charge in [0.1, 0.15) is 0 Å². The number of rotatable bonds is 6. The maximum absolute atomic E-state index is 12.6. The topological polar surface area (TPSA) is 43.9 Å². The van der Waals surface area contributed by atoms with Gasteiger partial charge in [0.15, 0.2) is 0 Å². The lowest BCUT2D eigenvalue weighted by Gasteiger charge is -2.28. The molecule has 2 aliphatic rings. The SMILES string of the molecule is CCC(=O)N1CCCN(CC(=O)N(CC(C)C)C2CC2)CC1. The van der Waals surface area contributed by atoms with Crippen LogP contribution in [0.15, 0.2) is 0 Å². The van der Waals surface area contributed by atoms with E-state index in [1.54, 1.807) is 0 Å². The van der Waals surface area contributed by atoms with E-state index in [1.165, 1.54) is 0 Å². The van der Waals surface area contributed by atoms with E-state index in [9.17, 15) is 9.59 Å². The summed E-state index contributed by atoms with van der Waals surface area (Å²) in [5.74, 6) is 1.02. The lowest BCUT2D eigenvalue weighted by Crippen LogP contribution is -2.44. The first kappa shape index (κ1) is 17.3. The van der Waals surface area contributed by atoms with Gasteiger partial charge in [0.2, 0.25) is 11.8 Å². The molecule has 1 aliphatic heterocycles. The van der Waals surface area contributed by atoms with Gasteiger partial charge in [-0.1, -0.05) is 20.8 Å². The third-order valence-corrected chi connectivity index (χ3v) is 4.47. The Bertz CT molecular complexity index is 393. The van der Waals surface area contributed by atoms with Crippen LogP contribution in [0.3, 0.4) is 0 Å². The van der Waals surface area contributed by atoms with Gasteiger partial charge in [-0.25, -0.2) is 0 Å². The highest BCUT2D eigenvalue weighted by atomic mass is 16.2. The number of hydrogen-bond acceptors (Lipinski definition) is 3. The van der Waals surface area contributed by atoms with Crippen molar-refractivity contribution in [2.75, 3.05) is 39.3 Å². The van der Waals surface area contributed by atoms with E-state index in [-0.39, 0.29) is 11.8 Å². The quantitative estimate of drug-likeness (QED) is 0.748. The van der Waals surface area contributed by atoms with Crippen LogP contribution in [0.25, 0.3) is 0 Å². The van der Waals surface area contributed by atoms with E-state index in [4.69, 9.17) is 0 Å². The zero-order valence-electron chi connectivity index (χ0n) is 14.4. The largest absolute Gasteiger partial charge is 0.341 e. The molecular weight excluding hydrogens is 278 g/mol. The van der Waals surface area contributed by atoms with Crippen LogP contribution in [-0.4, -0.2) is 71.8 Å². The number of hydrogen-bond donors (Lipinski definition) is 0. The molecule has 2 amide bonds. The molecule has 126 valence electrons. The Morgan fingerprint density at radius 1 is 1.14 bits per heavy atom. The summed E-state index contributed by atoms with van der Waals surface area (Å²) in [5.41, 5.74) is 0. The molecule has 1 saturated heterocycles. The predicted octanol–water partition coefficient (Wildman–Crippen LogP) is 1.58. The minimum Gasteiger partial charge on any atom is -0.341 e. The third kappa shape index (κ3) is 4.97. The molecule has 0 spiro atoms. The average molecular weight is 309 g/mol. The van der Waals surface area contributed by atoms with E-state index in [1.807, 2.05) is 11.8 Å². The van der Waals surface area contributed by atoms with Crippen LogP contribution < -0.4 is 0 Å². The molecule has 5 nitrogen and oxygen atoms in total. The predicted molar refractivity (Wildman–Crippen MR) is 87.5 cm³/mol. The monoisotopic (exact) mass is 309 g/mol. The molecule has 0 bridgehead atoms. The van der Waals surface area contributed by atoms with Crippen molar-refractivity contribution in [1.29, 1.82) is 0 Å². The molecule has 22 heavy (non-hydrogen) atoms. The number of amides is 2. The molecule has 0 N–H and O–H groups in total. The highest BCUT2D eigenvalue weighted by molar-refractivity contribution is 5.79. The van der Waals surface area contributed by atoms with Crippen molar-refractivity contribution in [2.24, 2.45) is 5.92 Å². The molecule has 0 aromatic carbocycles.